The molecule has 1 aliphatic rings. The number of halogens is 4. The van der Waals surface area contributed by atoms with Gasteiger partial charge in [-0.3, -0.25) is 6.23 Å². The van der Waals surface area contributed by atoms with Crippen molar-refractivity contribution in [2.75, 3.05) is 6.67 Å². The highest BCUT2D eigenvalue weighted by Gasteiger charge is 2.21. The number of nitrogens with zero attached hydrogens (tertiary/aromatic N) is 2. The molecule has 0 aromatic heterocycles. The Hall–Kier alpha value is 1.76. The Morgan fingerprint density at radius 3 is 1.56 bits per heavy atom. The minimum absolute atomic E-state index is 0.919. The lowest BCUT2D eigenvalue weighted by Crippen LogP contribution is -2.09. The zero-order chi connectivity index (χ0) is 7.02. The molecule has 0 aromatic rings. The fourth-order valence-electron chi connectivity index (χ4n) is 0.433. The smallest absolute Gasteiger partial charge is 0.123 e. The molecule has 0 saturated carbocycles. The molecule has 9 heavy (non-hydrogen) atoms. The van der Waals surface area contributed by atoms with Gasteiger partial charge in [-0.15, -0.1) is 0 Å². The molecule has 0 unspecified atom stereocenters. The third-order valence-electron chi connectivity index (χ3n) is 0.845. The van der Waals surface area contributed by atoms with Crippen molar-refractivity contribution in [2.24, 2.45) is 0 Å². The highest BCUT2D eigenvalue weighted by molar-refractivity contribution is 14.1. The molecule has 0 spiro atoms. The summed E-state index contributed by atoms with van der Waals surface area (Å²) in [5, 5.41) is 0. The maximum atomic E-state index is 3.41. The minimum Gasteiger partial charge on any atom is -0.287 e. The first-order chi connectivity index (χ1) is 4.13. The zero-order valence-electron chi connectivity index (χ0n) is 4.11. The van der Waals surface area contributed by atoms with Gasteiger partial charge in [-0.2, -0.15) is 0 Å². The Labute approximate surface area is 98.3 Å². The van der Waals surface area contributed by atoms with Crippen LogP contribution in [0.3, 0.4) is 0 Å². The molecule has 1 aliphatic heterocycles. The van der Waals surface area contributed by atoms with E-state index in [-0.39, 0.29) is 0 Å². The normalized spacial score (nSPS) is 20.0. The maximum Gasteiger partial charge on any atom is 0.123 e. The van der Waals surface area contributed by atoms with Gasteiger partial charge in [0.05, 0.1) is 45.7 Å². The van der Waals surface area contributed by atoms with Crippen molar-refractivity contribution in [1.29, 1.82) is 0 Å². The molecule has 0 bridgehead atoms. The Kier molecular flexibility index (Phi) is 3.38. The van der Waals surface area contributed by atoms with E-state index in [1.807, 2.05) is 0 Å². The molecular weight excluding hydrogens is 478 g/mol. The van der Waals surface area contributed by atoms with Gasteiger partial charge in [0.1, 0.15) is 15.9 Å². The summed E-state index contributed by atoms with van der Waals surface area (Å²) in [6, 6.07) is 0. The topological polar surface area (TPSA) is 6.48 Å². The van der Waals surface area contributed by atoms with E-state index in [4.69, 9.17) is 0 Å². The summed E-state index contributed by atoms with van der Waals surface area (Å²) in [7, 11) is 0. The molecule has 0 radical (unpaired) electrons. The molecule has 52 valence electrons. The van der Waals surface area contributed by atoms with Crippen LogP contribution in [0.4, 0.5) is 0 Å². The van der Waals surface area contributed by atoms with Gasteiger partial charge in [0.2, 0.25) is 0 Å². The Balaban J connectivity index is 2.79. The van der Waals surface area contributed by atoms with Gasteiger partial charge in [0.15, 0.2) is 0 Å². The summed E-state index contributed by atoms with van der Waals surface area (Å²) in [5.74, 6) is 0. The quantitative estimate of drug-likeness (QED) is 0.299. The molecule has 1 heterocycles. The second-order valence-electron chi connectivity index (χ2n) is 1.45. The largest absolute Gasteiger partial charge is 0.287 e. The van der Waals surface area contributed by atoms with E-state index < -0.39 is 0 Å². The average Bonchev–Trinajstić information content (AvgIpc) is 1.98. The van der Waals surface area contributed by atoms with Crippen LogP contribution in [0.25, 0.3) is 0 Å². The Morgan fingerprint density at radius 1 is 1.11 bits per heavy atom. The Bertz CT molecular complexity index is 144. The van der Waals surface area contributed by atoms with Crippen LogP contribution in [0.15, 0.2) is 9.21 Å². The maximum absolute atomic E-state index is 3.41. The molecule has 0 aliphatic carbocycles. The van der Waals surface area contributed by atoms with Crippen LogP contribution in [-0.2, 0) is 0 Å². The second-order valence-corrected chi connectivity index (χ2v) is 5.28. The molecular formula is C3H2Br2I2N2. The first kappa shape index (κ1) is 8.85. The highest BCUT2D eigenvalue weighted by Crippen LogP contribution is 2.36. The fourth-order valence-corrected chi connectivity index (χ4v) is 3.40. The van der Waals surface area contributed by atoms with Crippen molar-refractivity contribution in [3.8, 4) is 0 Å². The summed E-state index contributed by atoms with van der Waals surface area (Å²) in [5.41, 5.74) is 0. The molecule has 0 aromatic carbocycles. The van der Waals surface area contributed by atoms with E-state index in [1.165, 1.54) is 0 Å². The predicted molar refractivity (Wildman–Crippen MR) is 61.5 cm³/mol. The van der Waals surface area contributed by atoms with Gasteiger partial charge >= 0.3 is 0 Å². The van der Waals surface area contributed by atoms with E-state index in [0.717, 1.165) is 15.9 Å². The number of hydrogen-bond donors (Lipinski definition) is 0. The number of rotatable bonds is 0. The average molecular weight is 480 g/mol. The van der Waals surface area contributed by atoms with Crippen molar-refractivity contribution in [3.63, 3.8) is 0 Å². The van der Waals surface area contributed by atoms with E-state index >= 15 is 0 Å². The van der Waals surface area contributed by atoms with Crippen molar-refractivity contribution in [3.05, 3.63) is 9.21 Å². The molecule has 0 N–H and O–H groups in total. The van der Waals surface area contributed by atoms with Crippen LogP contribution in [0.5, 0.6) is 0 Å². The van der Waals surface area contributed by atoms with Gasteiger partial charge in [-0.1, -0.05) is 0 Å². The molecule has 0 saturated heterocycles. The second kappa shape index (κ2) is 3.44. The molecule has 0 fully saturated rings. The fraction of sp³-hybridized carbons (Fsp3) is 0.333. The van der Waals surface area contributed by atoms with Crippen molar-refractivity contribution >= 4 is 77.6 Å². The summed E-state index contributed by atoms with van der Waals surface area (Å²) >= 11 is 11.3. The monoisotopic (exact) mass is 478 g/mol. The third-order valence-corrected chi connectivity index (χ3v) is 5.89. The first-order valence-corrected chi connectivity index (χ1v) is 5.56. The van der Waals surface area contributed by atoms with Crippen LogP contribution in [0.2, 0.25) is 0 Å². The highest BCUT2D eigenvalue weighted by atomic mass is 127. The lowest BCUT2D eigenvalue weighted by atomic mass is 11.0. The lowest BCUT2D eigenvalue weighted by Gasteiger charge is -2.08. The zero-order valence-corrected chi connectivity index (χ0v) is 11.6. The summed E-state index contributed by atoms with van der Waals surface area (Å²) in [6.45, 7) is 0.919. The molecule has 1 rings (SSSR count). The Morgan fingerprint density at radius 2 is 1.44 bits per heavy atom. The van der Waals surface area contributed by atoms with Crippen LogP contribution in [-0.4, -0.2) is 12.9 Å². The van der Waals surface area contributed by atoms with Gasteiger partial charge in [-0.05, 0) is 31.9 Å². The van der Waals surface area contributed by atoms with Gasteiger partial charge in [-0.25, -0.2) is 0 Å². The summed E-state index contributed by atoms with van der Waals surface area (Å²) in [6.07, 6.45) is 0. The standard InChI is InChI=1S/C3H2Br2I2N2/c4-2-3(5)9(7)1-8(2)6/h1H2. The molecule has 0 atom stereocenters. The van der Waals surface area contributed by atoms with E-state index in [9.17, 15) is 0 Å². The third kappa shape index (κ3) is 1.86. The van der Waals surface area contributed by atoms with Gasteiger partial charge < -0.3 is 0 Å². The summed E-state index contributed by atoms with van der Waals surface area (Å²) in [4.78, 5) is 0. The molecule has 0 amide bonds. The molecule has 6 heteroatoms. The van der Waals surface area contributed by atoms with Gasteiger partial charge in [0, 0.05) is 0 Å². The van der Waals surface area contributed by atoms with E-state index in [2.05, 4.69) is 83.8 Å². The van der Waals surface area contributed by atoms with Crippen molar-refractivity contribution in [2.45, 2.75) is 0 Å². The van der Waals surface area contributed by atoms with Crippen molar-refractivity contribution < 1.29 is 0 Å². The summed E-state index contributed by atoms with van der Waals surface area (Å²) < 4.78 is 6.35. The van der Waals surface area contributed by atoms with Crippen molar-refractivity contribution in [1.82, 2.24) is 6.23 Å². The van der Waals surface area contributed by atoms with Crippen LogP contribution in [0, 0.1) is 0 Å². The van der Waals surface area contributed by atoms with E-state index in [1.54, 1.807) is 0 Å². The predicted octanol–water partition coefficient (Wildman–Crippen LogP) is 3.18. The lowest BCUT2D eigenvalue weighted by molar-refractivity contribution is 0.568. The van der Waals surface area contributed by atoms with Crippen LogP contribution in [0.1, 0.15) is 0 Å². The number of hydrogen-bond acceptors (Lipinski definition) is 2. The minimum atomic E-state index is 0.919. The van der Waals surface area contributed by atoms with E-state index in [0.29, 0.717) is 0 Å². The SMILES string of the molecule is BrC1=C(Br)N(I)CN1I. The van der Waals surface area contributed by atoms with Gasteiger partial charge in [0.25, 0.3) is 0 Å². The molecule has 2 nitrogen and oxygen atoms in total. The van der Waals surface area contributed by atoms with Crippen LogP contribution >= 0.6 is 77.6 Å². The van der Waals surface area contributed by atoms with Crippen LogP contribution < -0.4 is 0 Å². The first-order valence-electron chi connectivity index (χ1n) is 2.05.